The quantitative estimate of drug-likeness (QED) is 0.923. The zero-order chi connectivity index (χ0) is 15.4. The maximum Gasteiger partial charge on any atom is 0.260 e. The molecule has 1 saturated heterocycles. The standard InChI is InChI=1S/C15H20Cl2N2O2/c1-10(18)11-3-2-6-19(8-11)15(20)9-21-12-4-5-13(16)14(17)7-12/h4-5,7,10-11H,2-3,6,8-9,18H2,1H3/t10-,11+/m1/s1. The van der Waals surface area contributed by atoms with Crippen molar-refractivity contribution >= 4 is 29.1 Å². The number of likely N-dealkylation sites (tertiary alicyclic amines) is 1. The summed E-state index contributed by atoms with van der Waals surface area (Å²) >= 11 is 11.7. The van der Waals surface area contributed by atoms with E-state index < -0.39 is 0 Å². The number of amides is 1. The van der Waals surface area contributed by atoms with Crippen LogP contribution in [0.25, 0.3) is 0 Å². The molecule has 1 fully saturated rings. The van der Waals surface area contributed by atoms with Crippen LogP contribution in [0.2, 0.25) is 10.0 Å². The van der Waals surface area contributed by atoms with Gasteiger partial charge in [0.05, 0.1) is 10.0 Å². The van der Waals surface area contributed by atoms with E-state index in [1.165, 1.54) is 0 Å². The predicted molar refractivity (Wildman–Crippen MR) is 84.9 cm³/mol. The normalized spacial score (nSPS) is 20.2. The molecule has 6 heteroatoms. The number of rotatable bonds is 4. The first kappa shape index (κ1) is 16.4. The molecule has 1 heterocycles. The summed E-state index contributed by atoms with van der Waals surface area (Å²) in [6, 6.07) is 5.06. The van der Waals surface area contributed by atoms with Gasteiger partial charge in [-0.05, 0) is 37.8 Å². The third kappa shape index (κ3) is 4.50. The van der Waals surface area contributed by atoms with E-state index in [0.29, 0.717) is 28.3 Å². The third-order valence-corrected chi connectivity index (χ3v) is 4.55. The topological polar surface area (TPSA) is 55.6 Å². The van der Waals surface area contributed by atoms with Gasteiger partial charge in [-0.1, -0.05) is 23.2 Å². The molecule has 1 amide bonds. The van der Waals surface area contributed by atoms with Crippen LogP contribution in [0.5, 0.6) is 5.75 Å². The van der Waals surface area contributed by atoms with Gasteiger partial charge >= 0.3 is 0 Å². The summed E-state index contributed by atoms with van der Waals surface area (Å²) in [4.78, 5) is 14.0. The number of nitrogens with zero attached hydrogens (tertiary/aromatic N) is 1. The Morgan fingerprint density at radius 1 is 1.48 bits per heavy atom. The molecule has 0 bridgehead atoms. The smallest absolute Gasteiger partial charge is 0.260 e. The molecule has 0 aromatic heterocycles. The first-order valence-corrected chi connectivity index (χ1v) is 7.84. The number of carbonyl (C=O) groups excluding carboxylic acids is 1. The molecule has 1 aromatic rings. The van der Waals surface area contributed by atoms with Gasteiger partial charge < -0.3 is 15.4 Å². The van der Waals surface area contributed by atoms with Gasteiger partial charge in [0.15, 0.2) is 6.61 Å². The number of hydrogen-bond acceptors (Lipinski definition) is 3. The zero-order valence-corrected chi connectivity index (χ0v) is 13.5. The van der Waals surface area contributed by atoms with Gasteiger partial charge in [-0.2, -0.15) is 0 Å². The molecule has 0 saturated carbocycles. The lowest BCUT2D eigenvalue weighted by Crippen LogP contribution is -2.46. The molecule has 2 rings (SSSR count). The lowest BCUT2D eigenvalue weighted by Gasteiger charge is -2.34. The zero-order valence-electron chi connectivity index (χ0n) is 12.0. The molecule has 4 nitrogen and oxygen atoms in total. The highest BCUT2D eigenvalue weighted by Crippen LogP contribution is 2.26. The summed E-state index contributed by atoms with van der Waals surface area (Å²) in [6.45, 7) is 3.47. The Balaban J connectivity index is 1.87. The first-order chi connectivity index (χ1) is 9.97. The van der Waals surface area contributed by atoms with Crippen LogP contribution in [0, 0.1) is 5.92 Å². The van der Waals surface area contributed by atoms with Crippen LogP contribution in [0.15, 0.2) is 18.2 Å². The van der Waals surface area contributed by atoms with E-state index in [9.17, 15) is 4.79 Å². The van der Waals surface area contributed by atoms with Crippen molar-refractivity contribution in [3.63, 3.8) is 0 Å². The Hall–Kier alpha value is -0.970. The molecule has 2 N–H and O–H groups in total. The van der Waals surface area contributed by atoms with E-state index in [2.05, 4.69) is 0 Å². The lowest BCUT2D eigenvalue weighted by molar-refractivity contribution is -0.135. The number of benzene rings is 1. The molecule has 1 aliphatic rings. The molecule has 21 heavy (non-hydrogen) atoms. The third-order valence-electron chi connectivity index (χ3n) is 3.81. The largest absolute Gasteiger partial charge is 0.484 e. The van der Waals surface area contributed by atoms with Crippen LogP contribution >= 0.6 is 23.2 Å². The average molecular weight is 331 g/mol. The van der Waals surface area contributed by atoms with Crippen molar-refractivity contribution in [1.82, 2.24) is 4.90 Å². The van der Waals surface area contributed by atoms with Crippen LogP contribution < -0.4 is 10.5 Å². The molecule has 2 atom stereocenters. The van der Waals surface area contributed by atoms with Gasteiger partial charge in [0, 0.05) is 25.2 Å². The fourth-order valence-electron chi connectivity index (χ4n) is 2.47. The highest BCUT2D eigenvalue weighted by Gasteiger charge is 2.25. The minimum atomic E-state index is -0.0218. The van der Waals surface area contributed by atoms with Crippen LogP contribution in [0.4, 0.5) is 0 Å². The Labute approximate surface area is 135 Å². The summed E-state index contributed by atoms with van der Waals surface area (Å²) in [6.07, 6.45) is 2.07. The van der Waals surface area contributed by atoms with Crippen LogP contribution in [0.1, 0.15) is 19.8 Å². The Bertz CT molecular complexity index is 508. The van der Waals surface area contributed by atoms with Crippen LogP contribution in [-0.2, 0) is 4.79 Å². The van der Waals surface area contributed by atoms with Crippen molar-refractivity contribution < 1.29 is 9.53 Å². The number of hydrogen-bond donors (Lipinski definition) is 1. The Morgan fingerprint density at radius 2 is 2.24 bits per heavy atom. The molecule has 0 aliphatic carbocycles. The lowest BCUT2D eigenvalue weighted by atomic mass is 9.92. The van der Waals surface area contributed by atoms with Crippen molar-refractivity contribution in [3.05, 3.63) is 28.2 Å². The molecular weight excluding hydrogens is 311 g/mol. The maximum atomic E-state index is 12.2. The number of piperidine rings is 1. The second kappa shape index (κ2) is 7.34. The van der Waals surface area contributed by atoms with Gasteiger partial charge in [-0.3, -0.25) is 4.79 Å². The van der Waals surface area contributed by atoms with E-state index in [1.807, 2.05) is 11.8 Å². The molecule has 1 aromatic carbocycles. The summed E-state index contributed by atoms with van der Waals surface area (Å²) in [5, 5.41) is 0.878. The van der Waals surface area contributed by atoms with Gasteiger partial charge in [0.25, 0.3) is 5.91 Å². The molecule has 0 radical (unpaired) electrons. The molecule has 0 unspecified atom stereocenters. The molecule has 0 spiro atoms. The van der Waals surface area contributed by atoms with Crippen molar-refractivity contribution in [2.45, 2.75) is 25.8 Å². The SMILES string of the molecule is C[C@@H](N)[C@H]1CCCN(C(=O)COc2ccc(Cl)c(Cl)c2)C1. The van der Waals surface area contributed by atoms with Gasteiger partial charge in [0.2, 0.25) is 0 Å². The van der Waals surface area contributed by atoms with Crippen molar-refractivity contribution in [2.75, 3.05) is 19.7 Å². The van der Waals surface area contributed by atoms with Gasteiger partial charge in [-0.15, -0.1) is 0 Å². The van der Waals surface area contributed by atoms with Crippen LogP contribution in [0.3, 0.4) is 0 Å². The first-order valence-electron chi connectivity index (χ1n) is 7.08. The van der Waals surface area contributed by atoms with Crippen LogP contribution in [-0.4, -0.2) is 36.5 Å². The van der Waals surface area contributed by atoms with Crippen molar-refractivity contribution in [3.8, 4) is 5.75 Å². The van der Waals surface area contributed by atoms with Gasteiger partial charge in [-0.25, -0.2) is 0 Å². The minimum Gasteiger partial charge on any atom is -0.484 e. The maximum absolute atomic E-state index is 12.2. The van der Waals surface area contributed by atoms with E-state index in [1.54, 1.807) is 18.2 Å². The van der Waals surface area contributed by atoms with E-state index >= 15 is 0 Å². The number of halogens is 2. The Kier molecular flexibility index (Phi) is 5.73. The number of ether oxygens (including phenoxy) is 1. The highest BCUT2D eigenvalue weighted by molar-refractivity contribution is 6.42. The van der Waals surface area contributed by atoms with Crippen molar-refractivity contribution in [1.29, 1.82) is 0 Å². The predicted octanol–water partition coefficient (Wildman–Crippen LogP) is 2.96. The highest BCUT2D eigenvalue weighted by atomic mass is 35.5. The molecular formula is C15H20Cl2N2O2. The summed E-state index contributed by atoms with van der Waals surface area (Å²) in [7, 11) is 0. The van der Waals surface area contributed by atoms with E-state index in [0.717, 1.165) is 19.4 Å². The summed E-state index contributed by atoms with van der Waals surface area (Å²) in [5.74, 6) is 0.887. The van der Waals surface area contributed by atoms with E-state index in [-0.39, 0.29) is 18.6 Å². The molecule has 1 aliphatic heterocycles. The number of carbonyl (C=O) groups is 1. The van der Waals surface area contributed by atoms with E-state index in [4.69, 9.17) is 33.7 Å². The fraction of sp³-hybridized carbons (Fsp3) is 0.533. The summed E-state index contributed by atoms with van der Waals surface area (Å²) < 4.78 is 5.49. The Morgan fingerprint density at radius 3 is 2.90 bits per heavy atom. The minimum absolute atomic E-state index is 0.00360. The van der Waals surface area contributed by atoms with Crippen molar-refractivity contribution in [2.24, 2.45) is 11.7 Å². The second-order valence-electron chi connectivity index (χ2n) is 5.47. The monoisotopic (exact) mass is 330 g/mol. The van der Waals surface area contributed by atoms with Gasteiger partial charge in [0.1, 0.15) is 5.75 Å². The fourth-order valence-corrected chi connectivity index (χ4v) is 2.76. The summed E-state index contributed by atoms with van der Waals surface area (Å²) in [5.41, 5.74) is 5.93. The number of nitrogens with two attached hydrogens (primary N) is 1. The molecule has 116 valence electrons. The average Bonchev–Trinajstić information content (AvgIpc) is 2.48. The second-order valence-corrected chi connectivity index (χ2v) is 6.28.